The average molecular weight is 251 g/mol. The van der Waals surface area contributed by atoms with Crippen LogP contribution in [0.5, 0.6) is 5.75 Å². The van der Waals surface area contributed by atoms with Crippen LogP contribution >= 0.6 is 0 Å². The predicted molar refractivity (Wildman–Crippen MR) is 59.1 cm³/mol. The van der Waals surface area contributed by atoms with Gasteiger partial charge in [0.25, 0.3) is 0 Å². The summed E-state index contributed by atoms with van der Waals surface area (Å²) in [6, 6.07) is 7.35. The Morgan fingerprint density at radius 2 is 2.22 bits per heavy atom. The summed E-state index contributed by atoms with van der Waals surface area (Å²) in [4.78, 5) is 10.6. The van der Waals surface area contributed by atoms with Gasteiger partial charge in [0.05, 0.1) is 6.61 Å². The first-order chi connectivity index (χ1) is 8.66. The van der Waals surface area contributed by atoms with Crippen LogP contribution in [-0.2, 0) is 6.42 Å². The van der Waals surface area contributed by atoms with E-state index in [9.17, 15) is 9.18 Å². The van der Waals surface area contributed by atoms with E-state index >= 15 is 0 Å². The molecule has 18 heavy (non-hydrogen) atoms. The van der Waals surface area contributed by atoms with Crippen LogP contribution in [0.1, 0.15) is 16.2 Å². The second kappa shape index (κ2) is 5.31. The highest BCUT2D eigenvalue weighted by molar-refractivity contribution is 5.85. The highest BCUT2D eigenvalue weighted by Crippen LogP contribution is 2.15. The standard InChI is InChI=1S/C12H10FNO4/c13-9-3-1-2-4-11(9)17-6-5-8-7-10(12(15)16)14-18-8/h1-4,7H,5-6H2,(H,15,16). The largest absolute Gasteiger partial charge is 0.490 e. The molecular formula is C12H10FNO4. The Morgan fingerprint density at radius 1 is 1.44 bits per heavy atom. The third-order valence-corrected chi connectivity index (χ3v) is 2.22. The Bertz CT molecular complexity index is 553. The molecule has 1 heterocycles. The van der Waals surface area contributed by atoms with Crippen molar-refractivity contribution in [3.05, 3.63) is 47.6 Å². The first-order valence-corrected chi connectivity index (χ1v) is 5.23. The number of nitrogens with zero attached hydrogens (tertiary/aromatic N) is 1. The molecule has 0 radical (unpaired) electrons. The molecule has 1 aromatic heterocycles. The smallest absolute Gasteiger partial charge is 0.358 e. The highest BCUT2D eigenvalue weighted by Gasteiger charge is 2.10. The molecule has 0 aliphatic heterocycles. The number of para-hydroxylation sites is 1. The Hall–Kier alpha value is -2.37. The van der Waals surface area contributed by atoms with Crippen LogP contribution in [0.3, 0.4) is 0 Å². The molecule has 5 nitrogen and oxygen atoms in total. The molecule has 0 aliphatic carbocycles. The molecule has 0 amide bonds. The Labute approximate surface area is 102 Å². The van der Waals surface area contributed by atoms with Crippen molar-refractivity contribution >= 4 is 5.97 Å². The third kappa shape index (κ3) is 2.85. The van der Waals surface area contributed by atoms with Gasteiger partial charge in [0.2, 0.25) is 0 Å². The van der Waals surface area contributed by atoms with Gasteiger partial charge in [-0.2, -0.15) is 0 Å². The van der Waals surface area contributed by atoms with Crippen LogP contribution in [0.15, 0.2) is 34.9 Å². The van der Waals surface area contributed by atoms with E-state index in [1.165, 1.54) is 18.2 Å². The van der Waals surface area contributed by atoms with Gasteiger partial charge in [0.1, 0.15) is 5.76 Å². The summed E-state index contributed by atoms with van der Waals surface area (Å²) >= 11 is 0. The monoisotopic (exact) mass is 251 g/mol. The summed E-state index contributed by atoms with van der Waals surface area (Å²) in [5.74, 6) is -1.07. The lowest BCUT2D eigenvalue weighted by atomic mass is 10.3. The van der Waals surface area contributed by atoms with Gasteiger partial charge in [-0.1, -0.05) is 17.3 Å². The molecule has 0 spiro atoms. The number of hydrogen-bond acceptors (Lipinski definition) is 4. The SMILES string of the molecule is O=C(O)c1cc(CCOc2ccccc2F)on1. The van der Waals surface area contributed by atoms with Crippen LogP contribution < -0.4 is 4.74 Å². The molecule has 0 saturated carbocycles. The van der Waals surface area contributed by atoms with E-state index in [0.717, 1.165) is 0 Å². The second-order valence-electron chi connectivity index (χ2n) is 3.51. The van der Waals surface area contributed by atoms with Crippen LogP contribution in [0.2, 0.25) is 0 Å². The molecule has 94 valence electrons. The number of benzene rings is 1. The lowest BCUT2D eigenvalue weighted by Crippen LogP contribution is -2.02. The molecule has 1 N–H and O–H groups in total. The summed E-state index contributed by atoms with van der Waals surface area (Å²) in [6.07, 6.45) is 0.314. The normalized spacial score (nSPS) is 10.3. The zero-order valence-electron chi connectivity index (χ0n) is 9.30. The first kappa shape index (κ1) is 12.1. The van der Waals surface area contributed by atoms with Crippen molar-refractivity contribution in [1.29, 1.82) is 0 Å². The van der Waals surface area contributed by atoms with Gasteiger partial charge >= 0.3 is 5.97 Å². The molecule has 0 atom stereocenters. The number of carboxylic acids is 1. The lowest BCUT2D eigenvalue weighted by Gasteiger charge is -2.04. The Morgan fingerprint density at radius 3 is 2.89 bits per heavy atom. The van der Waals surface area contributed by atoms with Crippen molar-refractivity contribution in [2.75, 3.05) is 6.61 Å². The second-order valence-corrected chi connectivity index (χ2v) is 3.51. The summed E-state index contributed by atoms with van der Waals surface area (Å²) in [5.41, 5.74) is -0.157. The fraction of sp³-hybridized carbons (Fsp3) is 0.167. The number of ether oxygens (including phenoxy) is 1. The Balaban J connectivity index is 1.88. The minimum atomic E-state index is -1.15. The molecule has 0 fully saturated rings. The van der Waals surface area contributed by atoms with Crippen LogP contribution in [0, 0.1) is 5.82 Å². The molecule has 0 saturated heterocycles. The van der Waals surface area contributed by atoms with Crippen molar-refractivity contribution in [2.45, 2.75) is 6.42 Å². The zero-order chi connectivity index (χ0) is 13.0. The van der Waals surface area contributed by atoms with Crippen molar-refractivity contribution in [3.63, 3.8) is 0 Å². The number of aromatic carboxylic acids is 1. The third-order valence-electron chi connectivity index (χ3n) is 2.22. The van der Waals surface area contributed by atoms with Crippen LogP contribution in [0.25, 0.3) is 0 Å². The van der Waals surface area contributed by atoms with E-state index in [1.54, 1.807) is 12.1 Å². The molecule has 2 aromatic rings. The summed E-state index contributed by atoms with van der Waals surface area (Å²) in [5, 5.41) is 12.0. The van der Waals surface area contributed by atoms with Crippen molar-refractivity contribution < 1.29 is 23.6 Å². The van der Waals surface area contributed by atoms with Gasteiger partial charge in [-0.05, 0) is 12.1 Å². The van der Waals surface area contributed by atoms with Crippen LogP contribution in [0.4, 0.5) is 4.39 Å². The lowest BCUT2D eigenvalue weighted by molar-refractivity contribution is 0.0685. The average Bonchev–Trinajstić information content (AvgIpc) is 2.80. The van der Waals surface area contributed by atoms with E-state index in [1.807, 2.05) is 0 Å². The predicted octanol–water partition coefficient (Wildman–Crippen LogP) is 2.13. The van der Waals surface area contributed by atoms with E-state index in [4.69, 9.17) is 14.4 Å². The van der Waals surface area contributed by atoms with Crippen molar-refractivity contribution in [2.24, 2.45) is 0 Å². The number of halogens is 1. The van der Waals surface area contributed by atoms with E-state index in [2.05, 4.69) is 5.16 Å². The van der Waals surface area contributed by atoms with Gasteiger partial charge < -0.3 is 14.4 Å². The minimum Gasteiger partial charge on any atom is -0.490 e. The number of hydrogen-bond donors (Lipinski definition) is 1. The number of carbonyl (C=O) groups is 1. The topological polar surface area (TPSA) is 72.6 Å². The molecule has 0 bridgehead atoms. The molecule has 0 unspecified atom stereocenters. The fourth-order valence-corrected chi connectivity index (χ4v) is 1.35. The number of aromatic nitrogens is 1. The summed E-state index contributed by atoms with van der Waals surface area (Å²) in [6.45, 7) is 0.176. The molecule has 1 aromatic carbocycles. The first-order valence-electron chi connectivity index (χ1n) is 5.23. The molecular weight excluding hydrogens is 241 g/mol. The quantitative estimate of drug-likeness (QED) is 0.881. The summed E-state index contributed by atoms with van der Waals surface area (Å²) in [7, 11) is 0. The van der Waals surface area contributed by atoms with Crippen LogP contribution in [-0.4, -0.2) is 22.8 Å². The van der Waals surface area contributed by atoms with Gasteiger partial charge in [0, 0.05) is 12.5 Å². The van der Waals surface area contributed by atoms with Crippen molar-refractivity contribution in [1.82, 2.24) is 5.16 Å². The van der Waals surface area contributed by atoms with Gasteiger partial charge in [-0.25, -0.2) is 9.18 Å². The maximum absolute atomic E-state index is 13.2. The minimum absolute atomic E-state index is 0.149. The van der Waals surface area contributed by atoms with Gasteiger partial charge in [-0.3, -0.25) is 0 Å². The van der Waals surface area contributed by atoms with Gasteiger partial charge in [0.15, 0.2) is 17.3 Å². The van der Waals surface area contributed by atoms with E-state index in [-0.39, 0.29) is 18.1 Å². The Kier molecular flexibility index (Phi) is 3.57. The molecule has 6 heteroatoms. The fourth-order valence-electron chi connectivity index (χ4n) is 1.35. The maximum atomic E-state index is 13.2. The molecule has 0 aliphatic rings. The molecule has 2 rings (SSSR count). The van der Waals surface area contributed by atoms with E-state index in [0.29, 0.717) is 12.2 Å². The van der Waals surface area contributed by atoms with E-state index < -0.39 is 11.8 Å². The number of rotatable bonds is 5. The highest BCUT2D eigenvalue weighted by atomic mass is 19.1. The van der Waals surface area contributed by atoms with Crippen molar-refractivity contribution in [3.8, 4) is 5.75 Å². The number of carboxylic acid groups (broad SMARTS) is 1. The zero-order valence-corrected chi connectivity index (χ0v) is 9.30. The van der Waals surface area contributed by atoms with Gasteiger partial charge in [-0.15, -0.1) is 0 Å². The summed E-state index contributed by atoms with van der Waals surface area (Å²) < 4.78 is 23.2. The maximum Gasteiger partial charge on any atom is 0.358 e.